The van der Waals surface area contributed by atoms with E-state index in [2.05, 4.69) is 31.2 Å². The van der Waals surface area contributed by atoms with Crippen LogP contribution in [-0.2, 0) is 7.05 Å². The van der Waals surface area contributed by atoms with E-state index in [0.717, 1.165) is 10.0 Å². The minimum atomic E-state index is -0.208. The highest BCUT2D eigenvalue weighted by Crippen LogP contribution is 2.16. The lowest BCUT2D eigenvalue weighted by atomic mass is 10.1. The van der Waals surface area contributed by atoms with Crippen LogP contribution in [0.15, 0.2) is 64.1 Å². The van der Waals surface area contributed by atoms with Crippen LogP contribution in [0.3, 0.4) is 0 Å². The van der Waals surface area contributed by atoms with Gasteiger partial charge in [0.05, 0.1) is 12.2 Å². The van der Waals surface area contributed by atoms with Gasteiger partial charge in [-0.2, -0.15) is 0 Å². The second-order valence-corrected chi connectivity index (χ2v) is 6.30. The lowest BCUT2D eigenvalue weighted by molar-refractivity contribution is 0.101. The van der Waals surface area contributed by atoms with E-state index >= 15 is 0 Å². The molecule has 3 rings (SSSR count). The number of ketones is 1. The zero-order valence-electron chi connectivity index (χ0n) is 13.4. The molecule has 0 amide bonds. The van der Waals surface area contributed by atoms with Crippen molar-refractivity contribution < 1.29 is 4.79 Å². The molecule has 3 aromatic rings. The molecule has 25 heavy (non-hydrogen) atoms. The second-order valence-electron chi connectivity index (χ2n) is 5.38. The molecule has 1 aromatic carbocycles. The van der Waals surface area contributed by atoms with Gasteiger partial charge in [0, 0.05) is 41.1 Å². The van der Waals surface area contributed by atoms with E-state index in [0.29, 0.717) is 17.2 Å². The zero-order valence-corrected chi connectivity index (χ0v) is 15.0. The summed E-state index contributed by atoms with van der Waals surface area (Å²) in [6, 6.07) is 12.1. The third-order valence-electron chi connectivity index (χ3n) is 3.68. The number of anilines is 1. The van der Waals surface area contributed by atoms with Gasteiger partial charge in [-0.1, -0.05) is 28.1 Å². The largest absolute Gasteiger partial charge is 0.348 e. The van der Waals surface area contributed by atoms with E-state index in [9.17, 15) is 9.59 Å². The van der Waals surface area contributed by atoms with E-state index in [4.69, 9.17) is 0 Å². The summed E-state index contributed by atoms with van der Waals surface area (Å²) in [6.07, 6.45) is 3.28. The number of hydrogen-bond donors (Lipinski definition) is 1. The fraction of sp³-hybridized carbons (Fsp3) is 0.111. The lowest BCUT2D eigenvalue weighted by Gasteiger charge is -2.11. The van der Waals surface area contributed by atoms with Crippen molar-refractivity contribution in [1.29, 1.82) is 0 Å². The molecule has 0 spiro atoms. The smallest absolute Gasteiger partial charge is 0.255 e. The van der Waals surface area contributed by atoms with Crippen molar-refractivity contribution in [3.63, 3.8) is 0 Å². The molecule has 0 fully saturated rings. The van der Waals surface area contributed by atoms with Gasteiger partial charge in [0.15, 0.2) is 5.78 Å². The highest BCUT2D eigenvalue weighted by Gasteiger charge is 2.10. The summed E-state index contributed by atoms with van der Waals surface area (Å²) in [6.45, 7) is 0.0434. The quantitative estimate of drug-likeness (QED) is 0.668. The Kier molecular flexibility index (Phi) is 5.04. The van der Waals surface area contributed by atoms with Crippen LogP contribution < -0.4 is 10.9 Å². The van der Waals surface area contributed by atoms with Crippen molar-refractivity contribution in [3.8, 4) is 11.3 Å². The molecule has 0 saturated carbocycles. The number of rotatable bonds is 5. The fourth-order valence-electron chi connectivity index (χ4n) is 2.27. The summed E-state index contributed by atoms with van der Waals surface area (Å²) < 4.78 is 2.28. The normalized spacial score (nSPS) is 10.5. The van der Waals surface area contributed by atoms with E-state index < -0.39 is 0 Å². The molecule has 0 bridgehead atoms. The average molecular weight is 399 g/mol. The molecule has 0 atom stereocenters. The maximum Gasteiger partial charge on any atom is 0.255 e. The van der Waals surface area contributed by atoms with Crippen LogP contribution in [0.4, 0.5) is 5.95 Å². The Morgan fingerprint density at radius 1 is 1.16 bits per heavy atom. The lowest BCUT2D eigenvalue weighted by Crippen LogP contribution is -2.24. The summed E-state index contributed by atoms with van der Waals surface area (Å²) in [4.78, 5) is 32.8. The van der Waals surface area contributed by atoms with Gasteiger partial charge >= 0.3 is 0 Å². The Hall–Kier alpha value is -2.80. The zero-order chi connectivity index (χ0) is 17.8. The SMILES string of the molecule is Cn1c(NCC(=O)c2ccc(Br)cc2)nc(-c2ccncc2)cc1=O. The second kappa shape index (κ2) is 7.40. The van der Waals surface area contributed by atoms with Gasteiger partial charge in [-0.3, -0.25) is 19.1 Å². The maximum atomic E-state index is 12.3. The molecule has 2 aromatic heterocycles. The molecule has 2 heterocycles. The molecule has 6 nitrogen and oxygen atoms in total. The van der Waals surface area contributed by atoms with E-state index in [1.165, 1.54) is 10.6 Å². The predicted molar refractivity (Wildman–Crippen MR) is 99.7 cm³/mol. The van der Waals surface area contributed by atoms with Crippen LogP contribution in [0.5, 0.6) is 0 Å². The van der Waals surface area contributed by atoms with Crippen LogP contribution in [0.25, 0.3) is 11.3 Å². The standard InChI is InChI=1S/C18H15BrN4O2/c1-23-17(25)10-15(12-6-8-20-9-7-12)22-18(23)21-11-16(24)13-2-4-14(19)5-3-13/h2-10H,11H2,1H3,(H,21,22). The first-order valence-corrected chi connectivity index (χ1v) is 8.35. The van der Waals surface area contributed by atoms with Crippen molar-refractivity contribution in [2.45, 2.75) is 0 Å². The summed E-state index contributed by atoms with van der Waals surface area (Å²) in [5.41, 5.74) is 1.70. The molecule has 0 aliphatic carbocycles. The summed E-state index contributed by atoms with van der Waals surface area (Å²) in [5.74, 6) is 0.251. The Balaban J connectivity index is 1.82. The average Bonchev–Trinajstić information content (AvgIpc) is 2.64. The summed E-state index contributed by atoms with van der Waals surface area (Å²) in [7, 11) is 1.61. The topological polar surface area (TPSA) is 76.9 Å². The van der Waals surface area contributed by atoms with Gasteiger partial charge in [-0.25, -0.2) is 4.98 Å². The van der Waals surface area contributed by atoms with Gasteiger partial charge in [0.1, 0.15) is 0 Å². The molecular weight excluding hydrogens is 384 g/mol. The third kappa shape index (κ3) is 4.00. The Morgan fingerprint density at radius 2 is 1.84 bits per heavy atom. The van der Waals surface area contributed by atoms with Crippen molar-refractivity contribution in [2.75, 3.05) is 11.9 Å². The molecule has 0 saturated heterocycles. The summed E-state index contributed by atoms with van der Waals surface area (Å²) in [5, 5.41) is 2.95. The predicted octanol–water partition coefficient (Wildman–Crippen LogP) is 2.90. The number of carbonyl (C=O) groups is 1. The highest BCUT2D eigenvalue weighted by atomic mass is 79.9. The van der Waals surface area contributed by atoms with Crippen LogP contribution in [0.1, 0.15) is 10.4 Å². The van der Waals surface area contributed by atoms with Crippen LogP contribution >= 0.6 is 15.9 Å². The number of nitrogens with one attached hydrogen (secondary N) is 1. The summed E-state index contributed by atoms with van der Waals surface area (Å²) >= 11 is 3.34. The number of Topliss-reactive ketones (excluding diaryl/α,β-unsaturated/α-hetero) is 1. The number of nitrogens with zero attached hydrogens (tertiary/aromatic N) is 3. The molecule has 7 heteroatoms. The number of benzene rings is 1. The molecule has 0 radical (unpaired) electrons. The third-order valence-corrected chi connectivity index (χ3v) is 4.21. The van der Waals surface area contributed by atoms with E-state index in [-0.39, 0.29) is 17.9 Å². The van der Waals surface area contributed by atoms with Gasteiger partial charge in [0.2, 0.25) is 5.95 Å². The molecule has 1 N–H and O–H groups in total. The van der Waals surface area contributed by atoms with Gasteiger partial charge in [0.25, 0.3) is 5.56 Å². The van der Waals surface area contributed by atoms with Crippen molar-refractivity contribution >= 4 is 27.7 Å². The van der Waals surface area contributed by atoms with Crippen molar-refractivity contribution in [3.05, 3.63) is 75.2 Å². The molecule has 126 valence electrons. The van der Waals surface area contributed by atoms with Crippen LogP contribution in [0, 0.1) is 0 Å². The number of pyridine rings is 1. The number of hydrogen-bond acceptors (Lipinski definition) is 5. The van der Waals surface area contributed by atoms with Gasteiger partial charge < -0.3 is 5.32 Å². The minimum absolute atomic E-state index is 0.0434. The van der Waals surface area contributed by atoms with Crippen molar-refractivity contribution in [1.82, 2.24) is 14.5 Å². The van der Waals surface area contributed by atoms with Crippen LogP contribution in [-0.4, -0.2) is 26.9 Å². The minimum Gasteiger partial charge on any atom is -0.348 e. The number of carbonyl (C=O) groups excluding carboxylic acids is 1. The Bertz CT molecular complexity index is 953. The molecule has 0 aliphatic rings. The van der Waals surface area contributed by atoms with Gasteiger partial charge in [-0.05, 0) is 24.3 Å². The molecule has 0 unspecified atom stereocenters. The first-order valence-electron chi connectivity index (χ1n) is 7.56. The maximum absolute atomic E-state index is 12.3. The monoisotopic (exact) mass is 398 g/mol. The Labute approximate surface area is 152 Å². The Morgan fingerprint density at radius 3 is 2.52 bits per heavy atom. The van der Waals surface area contributed by atoms with Crippen LogP contribution in [0.2, 0.25) is 0 Å². The fourth-order valence-corrected chi connectivity index (χ4v) is 2.53. The number of halogens is 1. The van der Waals surface area contributed by atoms with Gasteiger partial charge in [-0.15, -0.1) is 0 Å². The van der Waals surface area contributed by atoms with E-state index in [1.807, 2.05) is 12.1 Å². The molecular formula is C18H15BrN4O2. The number of aromatic nitrogens is 3. The van der Waals surface area contributed by atoms with E-state index in [1.54, 1.807) is 43.7 Å². The molecule has 0 aliphatic heterocycles. The first kappa shape index (κ1) is 17.0. The van der Waals surface area contributed by atoms with Crippen molar-refractivity contribution in [2.24, 2.45) is 7.05 Å². The highest BCUT2D eigenvalue weighted by molar-refractivity contribution is 9.10. The first-order chi connectivity index (χ1) is 12.0.